The first-order valence-corrected chi connectivity index (χ1v) is 9.49. The molecule has 5 N–H and O–H groups in total. The van der Waals surface area contributed by atoms with E-state index in [2.05, 4.69) is 42.7 Å². The normalized spacial score (nSPS) is 24.7. The Morgan fingerprint density at radius 2 is 2.14 bits per heavy atom. The Balaban J connectivity index is 1.48. The molecule has 2 aromatic heterocycles. The lowest BCUT2D eigenvalue weighted by atomic mass is 9.88. The average molecular weight is 391 g/mol. The number of nitrogens with two attached hydrogens (primary N) is 1. The van der Waals surface area contributed by atoms with Gasteiger partial charge in [-0.25, -0.2) is 4.98 Å². The summed E-state index contributed by atoms with van der Waals surface area (Å²) in [6.07, 6.45) is 6.75. The first-order valence-electron chi connectivity index (χ1n) is 9.49. The van der Waals surface area contributed by atoms with Crippen LogP contribution in [0.5, 0.6) is 5.75 Å². The Hall–Kier alpha value is -3.62. The summed E-state index contributed by atoms with van der Waals surface area (Å²) in [5, 5.41) is 6.63. The fourth-order valence-electron chi connectivity index (χ4n) is 4.39. The van der Waals surface area contributed by atoms with Gasteiger partial charge in [-0.05, 0) is 30.4 Å². The molecule has 1 aromatic carbocycles. The summed E-state index contributed by atoms with van der Waals surface area (Å²) in [7, 11) is 1.62. The Bertz CT molecular complexity index is 1110. The summed E-state index contributed by atoms with van der Waals surface area (Å²) in [5.74, 6) is 1.59. The maximum absolute atomic E-state index is 12.0. The van der Waals surface area contributed by atoms with Crippen LogP contribution in [0.15, 0.2) is 42.7 Å². The summed E-state index contributed by atoms with van der Waals surface area (Å²) in [5.41, 5.74) is 7.71. The number of primary amides is 1. The molecule has 9 heteroatoms. The monoisotopic (exact) mass is 391 g/mol. The minimum absolute atomic E-state index is 0.109. The molecule has 3 aromatic rings. The van der Waals surface area contributed by atoms with Gasteiger partial charge in [-0.2, -0.15) is 9.97 Å². The van der Waals surface area contributed by atoms with Gasteiger partial charge >= 0.3 is 0 Å². The maximum atomic E-state index is 12.0. The Morgan fingerprint density at radius 3 is 2.97 bits per heavy atom. The van der Waals surface area contributed by atoms with Crippen LogP contribution in [-0.2, 0) is 4.79 Å². The van der Waals surface area contributed by atoms with E-state index in [1.165, 1.54) is 0 Å². The van der Waals surface area contributed by atoms with Gasteiger partial charge in [0.2, 0.25) is 11.9 Å². The van der Waals surface area contributed by atoms with Gasteiger partial charge in [0.1, 0.15) is 11.3 Å². The summed E-state index contributed by atoms with van der Waals surface area (Å²) >= 11 is 0. The number of carbonyl (C=O) groups excluding carboxylic acids is 1. The number of aromatic amines is 1. The number of imidazole rings is 1. The summed E-state index contributed by atoms with van der Waals surface area (Å²) < 4.78 is 5.27. The Kier molecular flexibility index (Phi) is 4.08. The minimum atomic E-state index is -0.290. The van der Waals surface area contributed by atoms with Crippen molar-refractivity contribution in [2.24, 2.45) is 23.5 Å². The number of rotatable bonds is 6. The fraction of sp³-hybridized carbons (Fsp3) is 0.300. The number of methoxy groups -OCH3 is 1. The van der Waals surface area contributed by atoms with E-state index >= 15 is 0 Å². The van der Waals surface area contributed by atoms with Crippen molar-refractivity contribution in [2.45, 2.75) is 12.5 Å². The van der Waals surface area contributed by atoms with Crippen LogP contribution >= 0.6 is 0 Å². The number of H-pyrrole nitrogens is 1. The predicted molar refractivity (Wildman–Crippen MR) is 109 cm³/mol. The molecule has 2 bridgehead atoms. The largest absolute Gasteiger partial charge is 0.497 e. The van der Waals surface area contributed by atoms with Gasteiger partial charge in [0.25, 0.3) is 0 Å². The zero-order chi connectivity index (χ0) is 20.0. The highest BCUT2D eigenvalue weighted by Gasteiger charge is 2.47. The number of carbonyl (C=O) groups is 1. The number of hydrogen-bond acceptors (Lipinski definition) is 7. The number of benzene rings is 1. The summed E-state index contributed by atoms with van der Waals surface area (Å²) in [4.78, 5) is 28.5. The average Bonchev–Trinajstić information content (AvgIpc) is 3.44. The van der Waals surface area contributed by atoms with Crippen LogP contribution in [0.25, 0.3) is 11.2 Å². The van der Waals surface area contributed by atoms with Gasteiger partial charge in [-0.15, -0.1) is 0 Å². The predicted octanol–water partition coefficient (Wildman–Crippen LogP) is 2.19. The van der Waals surface area contributed by atoms with E-state index in [1.807, 2.05) is 24.3 Å². The fourth-order valence-corrected chi connectivity index (χ4v) is 4.39. The van der Waals surface area contributed by atoms with E-state index in [-0.39, 0.29) is 29.7 Å². The molecule has 1 fully saturated rings. The molecule has 2 aliphatic carbocycles. The van der Waals surface area contributed by atoms with E-state index < -0.39 is 0 Å². The van der Waals surface area contributed by atoms with Gasteiger partial charge in [0, 0.05) is 17.8 Å². The lowest BCUT2D eigenvalue weighted by Crippen LogP contribution is -2.41. The van der Waals surface area contributed by atoms with E-state index in [0.29, 0.717) is 22.9 Å². The van der Waals surface area contributed by atoms with E-state index in [0.717, 1.165) is 17.9 Å². The number of nitrogens with zero attached hydrogens (tertiary/aromatic N) is 3. The molecular weight excluding hydrogens is 370 g/mol. The Morgan fingerprint density at radius 1 is 1.28 bits per heavy atom. The zero-order valence-electron chi connectivity index (χ0n) is 15.8. The number of allylic oxidation sites excluding steroid dienone is 1. The lowest BCUT2D eigenvalue weighted by molar-refractivity contribution is -0.122. The van der Waals surface area contributed by atoms with Crippen molar-refractivity contribution in [1.29, 1.82) is 0 Å². The number of aromatic nitrogens is 4. The van der Waals surface area contributed by atoms with Crippen LogP contribution in [0.3, 0.4) is 0 Å². The van der Waals surface area contributed by atoms with Crippen molar-refractivity contribution in [3.05, 3.63) is 42.7 Å². The van der Waals surface area contributed by atoms with Crippen LogP contribution in [0, 0.1) is 17.8 Å². The van der Waals surface area contributed by atoms with E-state index in [1.54, 1.807) is 13.4 Å². The number of nitrogens with one attached hydrogen (secondary N) is 3. The first kappa shape index (κ1) is 17.5. The van der Waals surface area contributed by atoms with Gasteiger partial charge in [0.15, 0.2) is 11.5 Å². The molecule has 0 aliphatic heterocycles. The van der Waals surface area contributed by atoms with Crippen LogP contribution in [-0.4, -0.2) is 39.0 Å². The molecule has 9 nitrogen and oxygen atoms in total. The van der Waals surface area contributed by atoms with E-state index in [9.17, 15) is 4.79 Å². The molecule has 0 saturated heterocycles. The highest BCUT2D eigenvalue weighted by atomic mass is 16.5. The molecule has 2 aliphatic rings. The highest BCUT2D eigenvalue weighted by Crippen LogP contribution is 2.45. The van der Waals surface area contributed by atoms with Crippen LogP contribution in [0.1, 0.15) is 6.42 Å². The van der Waals surface area contributed by atoms with Crippen molar-refractivity contribution >= 4 is 34.5 Å². The number of ether oxygens (including phenoxy) is 1. The standard InChI is InChI=1S/C20H21N7O2/c1-29-13-4-2-3-12(8-13)24-20-26-18-16(22-9-23-18)19(27-20)25-15-11-6-5-10(7-11)14(15)17(21)28/h2-6,8-11,14-15H,7H2,1H3,(H2,21,28)(H3,22,23,24,25,26,27). The summed E-state index contributed by atoms with van der Waals surface area (Å²) in [6.45, 7) is 0. The van der Waals surface area contributed by atoms with E-state index in [4.69, 9.17) is 10.5 Å². The van der Waals surface area contributed by atoms with Crippen molar-refractivity contribution in [3.8, 4) is 5.75 Å². The molecule has 5 rings (SSSR count). The zero-order valence-corrected chi connectivity index (χ0v) is 15.8. The molecular formula is C20H21N7O2. The third-order valence-electron chi connectivity index (χ3n) is 5.70. The SMILES string of the molecule is COc1cccc(Nc2nc(NC3C4C=CC(C4)C3C(N)=O)c3nc[nH]c3n2)c1. The van der Waals surface area contributed by atoms with Crippen molar-refractivity contribution in [3.63, 3.8) is 0 Å². The quantitative estimate of drug-likeness (QED) is 0.474. The minimum Gasteiger partial charge on any atom is -0.497 e. The molecule has 4 unspecified atom stereocenters. The molecule has 1 amide bonds. The summed E-state index contributed by atoms with van der Waals surface area (Å²) in [6, 6.07) is 7.40. The van der Waals surface area contributed by atoms with Gasteiger partial charge in [0.05, 0.1) is 19.4 Å². The number of hydrogen-bond donors (Lipinski definition) is 4. The molecule has 148 valence electrons. The van der Waals surface area contributed by atoms with Crippen LogP contribution in [0.4, 0.5) is 17.5 Å². The van der Waals surface area contributed by atoms with Gasteiger partial charge in [-0.1, -0.05) is 18.2 Å². The second-order valence-corrected chi connectivity index (χ2v) is 7.40. The van der Waals surface area contributed by atoms with Crippen LogP contribution in [0.2, 0.25) is 0 Å². The van der Waals surface area contributed by atoms with Crippen molar-refractivity contribution in [2.75, 3.05) is 17.7 Å². The highest BCUT2D eigenvalue weighted by molar-refractivity contribution is 5.85. The third kappa shape index (κ3) is 3.04. The first-order chi connectivity index (χ1) is 14.1. The topological polar surface area (TPSA) is 131 Å². The van der Waals surface area contributed by atoms with Gasteiger partial charge in [-0.3, -0.25) is 4.79 Å². The van der Waals surface area contributed by atoms with Crippen molar-refractivity contribution in [1.82, 2.24) is 19.9 Å². The van der Waals surface area contributed by atoms with Crippen molar-refractivity contribution < 1.29 is 9.53 Å². The second kappa shape index (κ2) is 6.77. The Labute approximate surface area is 166 Å². The second-order valence-electron chi connectivity index (χ2n) is 7.40. The number of fused-ring (bicyclic) bond motifs is 3. The molecule has 29 heavy (non-hydrogen) atoms. The third-order valence-corrected chi connectivity index (χ3v) is 5.70. The molecule has 2 heterocycles. The molecule has 0 radical (unpaired) electrons. The molecule has 1 saturated carbocycles. The maximum Gasteiger partial charge on any atom is 0.231 e. The number of amides is 1. The van der Waals surface area contributed by atoms with Gasteiger partial charge < -0.3 is 26.1 Å². The lowest BCUT2D eigenvalue weighted by Gasteiger charge is -2.27. The molecule has 0 spiro atoms. The number of anilines is 3. The van der Waals surface area contributed by atoms with Crippen LogP contribution < -0.4 is 21.1 Å². The smallest absolute Gasteiger partial charge is 0.231 e. The molecule has 4 atom stereocenters.